The van der Waals surface area contributed by atoms with Crippen LogP contribution in [0.4, 0.5) is 0 Å². The van der Waals surface area contributed by atoms with E-state index in [-0.39, 0.29) is 13.3 Å². The number of ether oxygens (including phenoxy) is 6. The average molecular weight is 483 g/mol. The lowest BCUT2D eigenvalue weighted by atomic mass is 9.99. The fourth-order valence-electron chi connectivity index (χ4n) is 3.95. The van der Waals surface area contributed by atoms with Crippen LogP contribution in [0.15, 0.2) is 65.8 Å². The summed E-state index contributed by atoms with van der Waals surface area (Å²) in [6.07, 6.45) is -4.57. The van der Waals surface area contributed by atoms with Crippen LogP contribution < -0.4 is 0 Å². The van der Waals surface area contributed by atoms with E-state index in [0.717, 1.165) is 0 Å². The highest BCUT2D eigenvalue weighted by molar-refractivity contribution is 5.89. The molecular formula is C24H25N3O8. The van der Waals surface area contributed by atoms with Gasteiger partial charge in [-0.1, -0.05) is 41.5 Å². The predicted octanol–water partition coefficient (Wildman–Crippen LogP) is 3.60. The van der Waals surface area contributed by atoms with Gasteiger partial charge in [-0.3, -0.25) is 0 Å². The van der Waals surface area contributed by atoms with Gasteiger partial charge in [0, 0.05) is 4.91 Å². The van der Waals surface area contributed by atoms with Crippen LogP contribution in [0.25, 0.3) is 10.4 Å². The number of nitrogens with zero attached hydrogens (tertiary/aromatic N) is 3. The second kappa shape index (κ2) is 10.9. The normalized spacial score (nSPS) is 26.7. The molecule has 184 valence electrons. The lowest BCUT2D eigenvalue weighted by Gasteiger charge is -2.40. The zero-order valence-corrected chi connectivity index (χ0v) is 19.2. The van der Waals surface area contributed by atoms with Crippen molar-refractivity contribution in [2.24, 2.45) is 5.11 Å². The van der Waals surface area contributed by atoms with Gasteiger partial charge in [0.15, 0.2) is 18.2 Å². The first-order valence-electron chi connectivity index (χ1n) is 11.0. The number of hydrogen-bond donors (Lipinski definition) is 0. The molecule has 2 saturated heterocycles. The van der Waals surface area contributed by atoms with Gasteiger partial charge in [-0.15, -0.1) is 0 Å². The molecule has 11 heteroatoms. The molecule has 2 heterocycles. The van der Waals surface area contributed by atoms with Crippen LogP contribution in [0.2, 0.25) is 0 Å². The zero-order chi connectivity index (χ0) is 24.8. The largest absolute Gasteiger partial charge is 0.459 e. The highest BCUT2D eigenvalue weighted by Gasteiger charge is 2.57. The Kier molecular flexibility index (Phi) is 7.64. The molecule has 2 aromatic carbocycles. The van der Waals surface area contributed by atoms with Crippen molar-refractivity contribution in [2.75, 3.05) is 13.3 Å². The van der Waals surface area contributed by atoms with Gasteiger partial charge in [0.05, 0.1) is 11.1 Å². The van der Waals surface area contributed by atoms with Crippen molar-refractivity contribution in [3.8, 4) is 0 Å². The van der Waals surface area contributed by atoms with Crippen LogP contribution in [-0.4, -0.2) is 61.8 Å². The third-order valence-electron chi connectivity index (χ3n) is 5.43. The third kappa shape index (κ3) is 5.97. The molecule has 0 amide bonds. The number of benzene rings is 2. The van der Waals surface area contributed by atoms with Gasteiger partial charge < -0.3 is 28.4 Å². The molecule has 0 N–H and O–H groups in total. The number of hydrogen-bond acceptors (Lipinski definition) is 9. The summed E-state index contributed by atoms with van der Waals surface area (Å²) in [5.74, 6) is -2.18. The van der Waals surface area contributed by atoms with Crippen molar-refractivity contribution in [2.45, 2.75) is 50.3 Å². The first-order chi connectivity index (χ1) is 16.9. The minimum Gasteiger partial charge on any atom is -0.459 e. The summed E-state index contributed by atoms with van der Waals surface area (Å²) in [6.45, 7) is 2.88. The maximum absolute atomic E-state index is 12.8. The molecule has 0 aromatic heterocycles. The molecule has 2 unspecified atom stereocenters. The van der Waals surface area contributed by atoms with Gasteiger partial charge in [-0.2, -0.15) is 0 Å². The minimum absolute atomic E-state index is 0.172. The molecule has 0 bridgehead atoms. The maximum atomic E-state index is 12.8. The highest BCUT2D eigenvalue weighted by Crippen LogP contribution is 2.39. The van der Waals surface area contributed by atoms with Crippen LogP contribution in [0, 0.1) is 0 Å². The van der Waals surface area contributed by atoms with E-state index in [1.807, 2.05) is 0 Å². The van der Waals surface area contributed by atoms with Gasteiger partial charge in [0.2, 0.25) is 0 Å². The van der Waals surface area contributed by atoms with Gasteiger partial charge in [0.1, 0.15) is 31.6 Å². The predicted molar refractivity (Wildman–Crippen MR) is 120 cm³/mol. The second-order valence-electron chi connectivity index (χ2n) is 8.33. The zero-order valence-electron chi connectivity index (χ0n) is 19.2. The van der Waals surface area contributed by atoms with E-state index in [1.165, 1.54) is 0 Å². The lowest BCUT2D eigenvalue weighted by Crippen LogP contribution is -2.59. The summed E-state index contributed by atoms with van der Waals surface area (Å²) >= 11 is 0. The fraction of sp³-hybridized carbons (Fsp3) is 0.417. The first-order valence-corrected chi connectivity index (χ1v) is 11.0. The van der Waals surface area contributed by atoms with Crippen molar-refractivity contribution in [3.05, 3.63) is 82.2 Å². The molecule has 11 nitrogen and oxygen atoms in total. The summed E-state index contributed by atoms with van der Waals surface area (Å²) in [7, 11) is 0. The molecule has 2 aromatic rings. The number of azide groups is 1. The molecular weight excluding hydrogens is 458 g/mol. The second-order valence-corrected chi connectivity index (χ2v) is 8.33. The van der Waals surface area contributed by atoms with Crippen LogP contribution in [-0.2, 0) is 28.4 Å². The third-order valence-corrected chi connectivity index (χ3v) is 5.43. The standard InChI is InChI=1S/C24H25N3O8/c1-24(2)34-18-17(13-30-21(28)15-9-5-3-6-10-15)32-23(31-14-26-27-25)20(19(18)35-24)33-22(29)16-11-7-4-8-12-16/h3-12,17-20,23H,13-14H2,1-2H3/t17?,18-,19-,20?,23+/m0/s1. The SMILES string of the molecule is CC1(C)O[C@@H]2C(OC(=O)c3ccccc3)[C@H](OCN=[N+]=[N-])OC(COC(=O)c3ccccc3)[C@@H]2O1. The number of fused-ring (bicyclic) bond motifs is 1. The van der Waals surface area contributed by atoms with E-state index >= 15 is 0 Å². The lowest BCUT2D eigenvalue weighted by molar-refractivity contribution is -0.280. The van der Waals surface area contributed by atoms with Gasteiger partial charge in [-0.05, 0) is 43.6 Å². The summed E-state index contributed by atoms with van der Waals surface area (Å²) in [5.41, 5.74) is 9.34. The monoisotopic (exact) mass is 483 g/mol. The summed E-state index contributed by atoms with van der Waals surface area (Å²) < 4.78 is 34.9. The van der Waals surface area contributed by atoms with Crippen molar-refractivity contribution in [3.63, 3.8) is 0 Å². The number of rotatable bonds is 8. The van der Waals surface area contributed by atoms with Crippen molar-refractivity contribution >= 4 is 11.9 Å². The van der Waals surface area contributed by atoms with Crippen LogP contribution >= 0.6 is 0 Å². The molecule has 2 aliphatic heterocycles. The van der Waals surface area contributed by atoms with Crippen molar-refractivity contribution in [1.29, 1.82) is 0 Å². The van der Waals surface area contributed by atoms with E-state index in [9.17, 15) is 9.59 Å². The summed E-state index contributed by atoms with van der Waals surface area (Å²) in [6, 6.07) is 16.9. The Balaban J connectivity index is 1.54. The quantitative estimate of drug-likeness (QED) is 0.240. The Hall–Kier alpha value is -3.47. The van der Waals surface area contributed by atoms with Crippen molar-refractivity contribution in [1.82, 2.24) is 0 Å². The van der Waals surface area contributed by atoms with Crippen LogP contribution in [0.3, 0.4) is 0 Å². The Morgan fingerprint density at radius 1 is 0.971 bits per heavy atom. The topological polar surface area (TPSA) is 138 Å². The van der Waals surface area contributed by atoms with Crippen LogP contribution in [0.5, 0.6) is 0 Å². The molecule has 35 heavy (non-hydrogen) atoms. The van der Waals surface area contributed by atoms with Crippen LogP contribution in [0.1, 0.15) is 34.6 Å². The smallest absolute Gasteiger partial charge is 0.338 e. The average Bonchev–Trinajstić information content (AvgIpc) is 3.20. The van der Waals surface area contributed by atoms with E-state index < -0.39 is 48.4 Å². The Morgan fingerprint density at radius 3 is 2.20 bits per heavy atom. The van der Waals surface area contributed by atoms with Gasteiger partial charge >= 0.3 is 11.9 Å². The molecule has 0 spiro atoms. The maximum Gasteiger partial charge on any atom is 0.338 e. The molecule has 0 aliphatic carbocycles. The summed E-state index contributed by atoms with van der Waals surface area (Å²) in [5, 5.41) is 3.37. The fourth-order valence-corrected chi connectivity index (χ4v) is 3.95. The Bertz CT molecular complexity index is 1070. The van der Waals surface area contributed by atoms with E-state index in [1.54, 1.807) is 74.5 Å². The minimum atomic E-state index is -1.17. The number of carbonyl (C=O) groups is 2. The van der Waals surface area contributed by atoms with Gasteiger partial charge in [0.25, 0.3) is 0 Å². The molecule has 2 fully saturated rings. The van der Waals surface area contributed by atoms with E-state index in [2.05, 4.69) is 10.0 Å². The molecule has 4 rings (SSSR count). The number of esters is 2. The molecule has 2 aliphatic rings. The molecule has 0 saturated carbocycles. The highest BCUT2D eigenvalue weighted by atomic mass is 16.8. The Labute approximate surface area is 201 Å². The van der Waals surface area contributed by atoms with Crippen molar-refractivity contribution < 1.29 is 38.0 Å². The number of carbonyl (C=O) groups excluding carboxylic acids is 2. The summed E-state index contributed by atoms with van der Waals surface area (Å²) in [4.78, 5) is 27.9. The van der Waals surface area contributed by atoms with E-state index in [0.29, 0.717) is 11.1 Å². The molecule has 0 radical (unpaired) electrons. The van der Waals surface area contributed by atoms with Gasteiger partial charge in [-0.25, -0.2) is 9.59 Å². The van der Waals surface area contributed by atoms with E-state index in [4.69, 9.17) is 34.0 Å². The first kappa shape index (κ1) is 24.6. The molecule has 5 atom stereocenters. The Morgan fingerprint density at radius 2 is 1.57 bits per heavy atom.